The van der Waals surface area contributed by atoms with Crippen LogP contribution in [-0.2, 0) is 0 Å². The van der Waals surface area contributed by atoms with Crippen LogP contribution in [0.5, 0.6) is 0 Å². The third kappa shape index (κ3) is 2.62. The van der Waals surface area contributed by atoms with Gasteiger partial charge in [-0.1, -0.05) is 6.07 Å². The maximum Gasteiger partial charge on any atom is 0.159 e. The Labute approximate surface area is 170 Å². The van der Waals surface area contributed by atoms with Crippen molar-refractivity contribution in [2.75, 3.05) is 0 Å². The smallest absolute Gasteiger partial charge is 0.159 e. The van der Waals surface area contributed by atoms with Crippen molar-refractivity contribution >= 4 is 21.9 Å². The Bertz CT molecular complexity index is 1490. The first kappa shape index (κ1) is 16.5. The van der Waals surface area contributed by atoms with E-state index >= 15 is 0 Å². The fourth-order valence-electron chi connectivity index (χ4n) is 3.58. The molecule has 142 valence electrons. The van der Waals surface area contributed by atoms with Gasteiger partial charge in [0.15, 0.2) is 5.82 Å². The maximum atomic E-state index is 4.83. The number of nitrogens with zero attached hydrogens (tertiary/aromatic N) is 6. The first-order valence-corrected chi connectivity index (χ1v) is 9.36. The van der Waals surface area contributed by atoms with E-state index in [1.54, 1.807) is 31.0 Å². The van der Waals surface area contributed by atoms with Crippen molar-refractivity contribution in [3.05, 3.63) is 73.7 Å². The summed E-state index contributed by atoms with van der Waals surface area (Å²) in [6.07, 6.45) is 10.4. The molecule has 5 heterocycles. The summed E-state index contributed by atoms with van der Waals surface area (Å²) >= 11 is 0. The molecule has 0 bridgehead atoms. The summed E-state index contributed by atoms with van der Waals surface area (Å²) in [5.74, 6) is 0.677. The molecule has 5 aromatic heterocycles. The van der Waals surface area contributed by atoms with E-state index < -0.39 is 0 Å². The molecular formula is C22H14N8. The Kier molecular flexibility index (Phi) is 3.60. The van der Waals surface area contributed by atoms with Crippen LogP contribution < -0.4 is 0 Å². The van der Waals surface area contributed by atoms with Crippen LogP contribution in [0.3, 0.4) is 0 Å². The number of pyridine rings is 2. The second kappa shape index (κ2) is 6.56. The Morgan fingerprint density at radius 3 is 2.50 bits per heavy atom. The topological polar surface area (TPSA) is 109 Å². The van der Waals surface area contributed by atoms with E-state index in [1.165, 1.54) is 6.33 Å². The normalized spacial score (nSPS) is 11.3. The Balaban J connectivity index is 1.52. The molecule has 30 heavy (non-hydrogen) atoms. The summed E-state index contributed by atoms with van der Waals surface area (Å²) in [6, 6.07) is 11.9. The molecule has 2 N–H and O–H groups in total. The van der Waals surface area contributed by atoms with Gasteiger partial charge < -0.3 is 4.98 Å². The van der Waals surface area contributed by atoms with E-state index in [4.69, 9.17) is 4.98 Å². The molecular weight excluding hydrogens is 376 g/mol. The van der Waals surface area contributed by atoms with Crippen LogP contribution in [0, 0.1) is 0 Å². The number of hydrogen-bond donors (Lipinski definition) is 2. The van der Waals surface area contributed by atoms with Gasteiger partial charge in [-0.15, -0.1) is 0 Å². The number of imidazole rings is 1. The highest BCUT2D eigenvalue weighted by atomic mass is 15.1. The van der Waals surface area contributed by atoms with Crippen LogP contribution in [0.2, 0.25) is 0 Å². The molecule has 0 aliphatic heterocycles. The van der Waals surface area contributed by atoms with Crippen LogP contribution in [0.15, 0.2) is 73.7 Å². The number of H-pyrrole nitrogens is 2. The molecule has 0 amide bonds. The van der Waals surface area contributed by atoms with Gasteiger partial charge in [-0.3, -0.25) is 15.1 Å². The Hall–Kier alpha value is -4.46. The van der Waals surface area contributed by atoms with Gasteiger partial charge in [0.1, 0.15) is 17.5 Å². The van der Waals surface area contributed by atoms with Gasteiger partial charge >= 0.3 is 0 Å². The molecule has 0 atom stereocenters. The average Bonchev–Trinajstić information content (AvgIpc) is 3.43. The van der Waals surface area contributed by atoms with Crippen molar-refractivity contribution in [1.29, 1.82) is 0 Å². The van der Waals surface area contributed by atoms with E-state index in [0.717, 1.165) is 50.0 Å². The summed E-state index contributed by atoms with van der Waals surface area (Å²) in [6.45, 7) is 0. The molecule has 0 unspecified atom stereocenters. The van der Waals surface area contributed by atoms with Crippen LogP contribution in [0.4, 0.5) is 0 Å². The average molecular weight is 390 g/mol. The van der Waals surface area contributed by atoms with Crippen LogP contribution in [0.25, 0.3) is 55.8 Å². The summed E-state index contributed by atoms with van der Waals surface area (Å²) in [5, 5.41) is 8.57. The minimum atomic E-state index is 0.677. The standard InChI is InChI=1S/C22H14N8/c1-2-14(9-23-6-1)19-21-18(5-7-26-19)27-22(28-21)20-16-8-13(3-4-17(16)29-30-20)15-10-24-12-25-11-15/h1-12H,(H,27,28)(H,29,30). The third-order valence-electron chi connectivity index (χ3n) is 5.02. The highest BCUT2D eigenvalue weighted by molar-refractivity contribution is 5.97. The van der Waals surface area contributed by atoms with Crippen LogP contribution in [0.1, 0.15) is 0 Å². The molecule has 8 heteroatoms. The van der Waals surface area contributed by atoms with Crippen molar-refractivity contribution in [2.24, 2.45) is 0 Å². The molecule has 0 aliphatic carbocycles. The molecule has 0 saturated heterocycles. The molecule has 1 aromatic carbocycles. The third-order valence-corrected chi connectivity index (χ3v) is 5.02. The zero-order chi connectivity index (χ0) is 19.9. The van der Waals surface area contributed by atoms with Crippen molar-refractivity contribution < 1.29 is 0 Å². The van der Waals surface area contributed by atoms with Gasteiger partial charge in [0.2, 0.25) is 0 Å². The van der Waals surface area contributed by atoms with E-state index in [9.17, 15) is 0 Å². The molecule has 6 rings (SSSR count). The maximum absolute atomic E-state index is 4.83. The monoisotopic (exact) mass is 390 g/mol. The summed E-state index contributed by atoms with van der Waals surface area (Å²) in [7, 11) is 0. The fourth-order valence-corrected chi connectivity index (χ4v) is 3.58. The lowest BCUT2D eigenvalue weighted by atomic mass is 10.1. The molecule has 0 spiro atoms. The number of aromatic nitrogens is 8. The van der Waals surface area contributed by atoms with Gasteiger partial charge in [0, 0.05) is 47.5 Å². The number of benzene rings is 1. The van der Waals surface area contributed by atoms with Crippen molar-refractivity contribution in [2.45, 2.75) is 0 Å². The lowest BCUT2D eigenvalue weighted by Gasteiger charge is -2.01. The van der Waals surface area contributed by atoms with Gasteiger partial charge in [-0.05, 0) is 35.9 Å². The highest BCUT2D eigenvalue weighted by Crippen LogP contribution is 2.31. The van der Waals surface area contributed by atoms with Gasteiger partial charge in [0.25, 0.3) is 0 Å². The number of aromatic amines is 2. The molecule has 0 saturated carbocycles. The van der Waals surface area contributed by atoms with Crippen molar-refractivity contribution in [3.63, 3.8) is 0 Å². The summed E-state index contributed by atoms with van der Waals surface area (Å²) in [4.78, 5) is 25.2. The first-order chi connectivity index (χ1) is 14.9. The number of nitrogens with one attached hydrogen (secondary N) is 2. The minimum absolute atomic E-state index is 0.677. The Morgan fingerprint density at radius 1 is 0.733 bits per heavy atom. The zero-order valence-electron chi connectivity index (χ0n) is 15.6. The van der Waals surface area contributed by atoms with Crippen LogP contribution >= 0.6 is 0 Å². The second-order valence-corrected chi connectivity index (χ2v) is 6.84. The quantitative estimate of drug-likeness (QED) is 0.472. The van der Waals surface area contributed by atoms with E-state index in [2.05, 4.69) is 41.2 Å². The van der Waals surface area contributed by atoms with E-state index in [1.807, 2.05) is 30.3 Å². The van der Waals surface area contributed by atoms with Crippen LogP contribution in [-0.4, -0.2) is 40.1 Å². The summed E-state index contributed by atoms with van der Waals surface area (Å²) in [5.41, 5.74) is 7.00. The molecule has 8 nitrogen and oxygen atoms in total. The summed E-state index contributed by atoms with van der Waals surface area (Å²) < 4.78 is 0. The van der Waals surface area contributed by atoms with Crippen molar-refractivity contribution in [3.8, 4) is 33.9 Å². The SMILES string of the molecule is c1cncc(-c2nccc3[nH]c(-c4n[nH]c5ccc(-c6cncnc6)cc45)nc23)c1. The molecule has 6 aromatic rings. The molecule has 0 fully saturated rings. The number of fused-ring (bicyclic) bond motifs is 2. The van der Waals surface area contributed by atoms with Gasteiger partial charge in [-0.2, -0.15) is 5.10 Å². The largest absolute Gasteiger partial charge is 0.336 e. The lowest BCUT2D eigenvalue weighted by Crippen LogP contribution is -1.86. The van der Waals surface area contributed by atoms with E-state index in [0.29, 0.717) is 5.82 Å². The van der Waals surface area contributed by atoms with Gasteiger partial charge in [0.05, 0.1) is 16.7 Å². The Morgan fingerprint density at radius 2 is 1.63 bits per heavy atom. The number of rotatable bonds is 3. The molecule has 0 aliphatic rings. The predicted octanol–water partition coefficient (Wildman–Crippen LogP) is 4.02. The fraction of sp³-hybridized carbons (Fsp3) is 0. The van der Waals surface area contributed by atoms with Gasteiger partial charge in [-0.25, -0.2) is 15.0 Å². The molecule has 0 radical (unpaired) electrons. The second-order valence-electron chi connectivity index (χ2n) is 6.84. The zero-order valence-corrected chi connectivity index (χ0v) is 15.6. The van der Waals surface area contributed by atoms with Crippen molar-refractivity contribution in [1.82, 2.24) is 40.1 Å². The highest BCUT2D eigenvalue weighted by Gasteiger charge is 2.16. The predicted molar refractivity (Wildman–Crippen MR) is 113 cm³/mol. The lowest BCUT2D eigenvalue weighted by molar-refractivity contribution is 1.11. The number of hydrogen-bond acceptors (Lipinski definition) is 6. The van der Waals surface area contributed by atoms with E-state index in [-0.39, 0.29) is 0 Å². The minimum Gasteiger partial charge on any atom is -0.336 e. The first-order valence-electron chi connectivity index (χ1n) is 9.36.